The Hall–Kier alpha value is -1.75. The highest BCUT2D eigenvalue weighted by Crippen LogP contribution is 2.32. The zero-order valence-corrected chi connectivity index (χ0v) is 13.5. The molecule has 1 aliphatic rings. The van der Waals surface area contributed by atoms with Crippen LogP contribution >= 0.6 is 0 Å². The SMILES string of the molecule is CC(C)(C)OC(=O)N1CCC(C(O)c2cccc(O)c2)CC1. The fraction of sp³-hybridized carbons (Fsp3) is 0.588. The molecule has 5 heteroatoms. The van der Waals surface area contributed by atoms with E-state index in [0.717, 1.165) is 18.4 Å². The summed E-state index contributed by atoms with van der Waals surface area (Å²) in [4.78, 5) is 13.7. The molecule has 2 rings (SSSR count). The van der Waals surface area contributed by atoms with Gasteiger partial charge in [-0.05, 0) is 57.2 Å². The first-order valence-corrected chi connectivity index (χ1v) is 7.71. The number of hydrogen-bond donors (Lipinski definition) is 2. The lowest BCUT2D eigenvalue weighted by Gasteiger charge is -2.35. The second kappa shape index (κ2) is 6.57. The molecule has 0 aromatic heterocycles. The van der Waals surface area contributed by atoms with E-state index < -0.39 is 11.7 Å². The lowest BCUT2D eigenvalue weighted by Crippen LogP contribution is -2.42. The molecule has 0 spiro atoms. The smallest absolute Gasteiger partial charge is 0.410 e. The molecule has 22 heavy (non-hydrogen) atoms. The van der Waals surface area contributed by atoms with Crippen molar-refractivity contribution in [3.05, 3.63) is 29.8 Å². The number of carbonyl (C=O) groups excluding carboxylic acids is 1. The second-order valence-electron chi connectivity index (χ2n) is 6.84. The molecule has 1 amide bonds. The Bertz CT molecular complexity index is 516. The normalized spacial score (nSPS) is 18.1. The fourth-order valence-corrected chi connectivity index (χ4v) is 2.71. The van der Waals surface area contributed by atoms with E-state index in [1.54, 1.807) is 23.1 Å². The number of benzene rings is 1. The van der Waals surface area contributed by atoms with Crippen LogP contribution in [0.15, 0.2) is 24.3 Å². The predicted molar refractivity (Wildman–Crippen MR) is 83.6 cm³/mol. The summed E-state index contributed by atoms with van der Waals surface area (Å²) in [5.74, 6) is 0.239. The number of hydrogen-bond acceptors (Lipinski definition) is 4. The third kappa shape index (κ3) is 4.37. The first kappa shape index (κ1) is 16.6. The minimum absolute atomic E-state index is 0.0838. The molecular formula is C17H25NO4. The zero-order valence-electron chi connectivity index (χ0n) is 13.5. The maximum atomic E-state index is 12.0. The summed E-state index contributed by atoms with van der Waals surface area (Å²) < 4.78 is 5.36. The first-order valence-electron chi connectivity index (χ1n) is 7.71. The van der Waals surface area contributed by atoms with E-state index in [-0.39, 0.29) is 17.8 Å². The van der Waals surface area contributed by atoms with Crippen molar-refractivity contribution in [2.75, 3.05) is 13.1 Å². The first-order chi connectivity index (χ1) is 10.3. The summed E-state index contributed by atoms with van der Waals surface area (Å²) in [5.41, 5.74) is 0.227. The fourth-order valence-electron chi connectivity index (χ4n) is 2.71. The number of aromatic hydroxyl groups is 1. The van der Waals surface area contributed by atoms with Gasteiger partial charge in [-0.1, -0.05) is 12.1 Å². The van der Waals surface area contributed by atoms with E-state index in [4.69, 9.17) is 4.74 Å². The molecule has 1 fully saturated rings. The maximum absolute atomic E-state index is 12.0. The zero-order chi connectivity index (χ0) is 16.3. The highest BCUT2D eigenvalue weighted by molar-refractivity contribution is 5.68. The monoisotopic (exact) mass is 307 g/mol. The van der Waals surface area contributed by atoms with Gasteiger partial charge in [-0.15, -0.1) is 0 Å². The number of piperidine rings is 1. The Morgan fingerprint density at radius 3 is 2.50 bits per heavy atom. The molecule has 1 aliphatic heterocycles. The van der Waals surface area contributed by atoms with Gasteiger partial charge in [0.25, 0.3) is 0 Å². The number of phenols is 1. The molecule has 122 valence electrons. The molecule has 5 nitrogen and oxygen atoms in total. The van der Waals surface area contributed by atoms with Gasteiger partial charge in [-0.25, -0.2) is 4.79 Å². The molecule has 1 heterocycles. The molecule has 0 radical (unpaired) electrons. The van der Waals surface area contributed by atoms with Crippen molar-refractivity contribution in [1.29, 1.82) is 0 Å². The number of nitrogens with zero attached hydrogens (tertiary/aromatic N) is 1. The average Bonchev–Trinajstić information content (AvgIpc) is 2.45. The third-order valence-electron chi connectivity index (χ3n) is 3.85. The Morgan fingerprint density at radius 1 is 1.32 bits per heavy atom. The molecule has 1 unspecified atom stereocenters. The van der Waals surface area contributed by atoms with Gasteiger partial charge in [-0.2, -0.15) is 0 Å². The molecule has 0 saturated carbocycles. The average molecular weight is 307 g/mol. The van der Waals surface area contributed by atoms with Gasteiger partial charge in [-0.3, -0.25) is 0 Å². The molecule has 2 N–H and O–H groups in total. The summed E-state index contributed by atoms with van der Waals surface area (Å²) >= 11 is 0. The van der Waals surface area contributed by atoms with Crippen LogP contribution in [0.4, 0.5) is 4.79 Å². The van der Waals surface area contributed by atoms with Crippen molar-refractivity contribution in [2.45, 2.75) is 45.3 Å². The van der Waals surface area contributed by atoms with Crippen LogP contribution in [0.1, 0.15) is 45.3 Å². The van der Waals surface area contributed by atoms with Crippen molar-refractivity contribution in [3.8, 4) is 5.75 Å². The van der Waals surface area contributed by atoms with Crippen LogP contribution in [0.5, 0.6) is 5.75 Å². The van der Waals surface area contributed by atoms with E-state index in [9.17, 15) is 15.0 Å². The van der Waals surface area contributed by atoms with Gasteiger partial charge in [0.1, 0.15) is 11.4 Å². The molecule has 1 saturated heterocycles. The molecular weight excluding hydrogens is 282 g/mol. The number of carbonyl (C=O) groups is 1. The Kier molecular flexibility index (Phi) is 4.96. The lowest BCUT2D eigenvalue weighted by molar-refractivity contribution is 0.00766. The third-order valence-corrected chi connectivity index (χ3v) is 3.85. The molecule has 1 atom stereocenters. The van der Waals surface area contributed by atoms with Crippen LogP contribution in [0, 0.1) is 5.92 Å². The number of phenolic OH excluding ortho intramolecular Hbond substituents is 1. The van der Waals surface area contributed by atoms with Crippen LogP contribution in [0.2, 0.25) is 0 Å². The van der Waals surface area contributed by atoms with Crippen molar-refractivity contribution in [1.82, 2.24) is 4.90 Å². The molecule has 1 aromatic carbocycles. The van der Waals surface area contributed by atoms with E-state index >= 15 is 0 Å². The summed E-state index contributed by atoms with van der Waals surface area (Å²) in [7, 11) is 0. The molecule has 0 aliphatic carbocycles. The largest absolute Gasteiger partial charge is 0.508 e. The van der Waals surface area contributed by atoms with E-state index in [1.807, 2.05) is 26.8 Å². The summed E-state index contributed by atoms with van der Waals surface area (Å²) in [6, 6.07) is 6.71. The van der Waals surface area contributed by atoms with Gasteiger partial charge in [0.05, 0.1) is 6.10 Å². The van der Waals surface area contributed by atoms with Crippen LogP contribution in [0.3, 0.4) is 0 Å². The van der Waals surface area contributed by atoms with E-state index in [1.165, 1.54) is 0 Å². The Morgan fingerprint density at radius 2 is 1.95 bits per heavy atom. The van der Waals surface area contributed by atoms with Crippen molar-refractivity contribution in [3.63, 3.8) is 0 Å². The quantitative estimate of drug-likeness (QED) is 0.881. The van der Waals surface area contributed by atoms with Gasteiger partial charge < -0.3 is 19.8 Å². The standard InChI is InChI=1S/C17H25NO4/c1-17(2,3)22-16(21)18-9-7-12(8-10-18)15(20)13-5-4-6-14(19)11-13/h4-6,11-12,15,19-20H,7-10H2,1-3H3. The highest BCUT2D eigenvalue weighted by atomic mass is 16.6. The number of likely N-dealkylation sites (tertiary alicyclic amines) is 1. The number of ether oxygens (including phenoxy) is 1. The number of amides is 1. The van der Waals surface area contributed by atoms with Crippen LogP contribution in [-0.4, -0.2) is 39.9 Å². The van der Waals surface area contributed by atoms with Crippen molar-refractivity contribution < 1.29 is 19.7 Å². The predicted octanol–water partition coefficient (Wildman–Crippen LogP) is 3.07. The van der Waals surface area contributed by atoms with Gasteiger partial charge in [0.2, 0.25) is 0 Å². The van der Waals surface area contributed by atoms with Gasteiger partial charge in [0, 0.05) is 13.1 Å². The molecule has 1 aromatic rings. The minimum atomic E-state index is -0.618. The Labute approximate surface area is 131 Å². The minimum Gasteiger partial charge on any atom is -0.508 e. The lowest BCUT2D eigenvalue weighted by atomic mass is 9.87. The van der Waals surface area contributed by atoms with Crippen LogP contribution in [-0.2, 0) is 4.74 Å². The summed E-state index contributed by atoms with van der Waals surface area (Å²) in [5, 5.41) is 19.9. The van der Waals surface area contributed by atoms with Gasteiger partial charge in [0.15, 0.2) is 0 Å². The number of aliphatic hydroxyl groups excluding tert-OH is 1. The summed E-state index contributed by atoms with van der Waals surface area (Å²) in [6.45, 7) is 6.71. The number of rotatable bonds is 2. The van der Waals surface area contributed by atoms with Gasteiger partial charge >= 0.3 is 6.09 Å². The van der Waals surface area contributed by atoms with Crippen molar-refractivity contribution in [2.24, 2.45) is 5.92 Å². The Balaban J connectivity index is 1.90. The molecule has 0 bridgehead atoms. The second-order valence-corrected chi connectivity index (χ2v) is 6.84. The maximum Gasteiger partial charge on any atom is 0.410 e. The van der Waals surface area contributed by atoms with Crippen molar-refractivity contribution >= 4 is 6.09 Å². The number of aliphatic hydroxyl groups is 1. The van der Waals surface area contributed by atoms with E-state index in [0.29, 0.717) is 13.1 Å². The topological polar surface area (TPSA) is 70.0 Å². The van der Waals surface area contributed by atoms with Crippen LogP contribution < -0.4 is 0 Å². The van der Waals surface area contributed by atoms with Crippen LogP contribution in [0.25, 0.3) is 0 Å². The van der Waals surface area contributed by atoms with E-state index in [2.05, 4.69) is 0 Å². The summed E-state index contributed by atoms with van der Waals surface area (Å²) in [6.07, 6.45) is 0.525. The highest BCUT2D eigenvalue weighted by Gasteiger charge is 2.30.